The molecule has 0 aliphatic rings. The van der Waals surface area contributed by atoms with Crippen LogP contribution in [0.2, 0.25) is 0 Å². The van der Waals surface area contributed by atoms with E-state index >= 15 is 0 Å². The van der Waals surface area contributed by atoms with Gasteiger partial charge >= 0.3 is 0 Å². The van der Waals surface area contributed by atoms with Crippen LogP contribution in [0.15, 0.2) is 36.4 Å². The maximum absolute atomic E-state index is 13.6. The lowest BCUT2D eigenvalue weighted by atomic mass is 10.2. The number of hydrogen-bond acceptors (Lipinski definition) is 7. The van der Waals surface area contributed by atoms with Gasteiger partial charge in [0.15, 0.2) is 5.13 Å². The van der Waals surface area contributed by atoms with Gasteiger partial charge in [-0.2, -0.15) is 0 Å². The first kappa shape index (κ1) is 27.7. The third-order valence-electron chi connectivity index (χ3n) is 5.23. The SMILES string of the molecule is CCCCOc1ccc(C(=O)N(CCCN(C)C)c2nc3c(OC)ccc(OC)c3s2)cc1.Cl. The number of aromatic nitrogens is 1. The van der Waals surface area contributed by atoms with E-state index in [9.17, 15) is 4.79 Å². The number of rotatable bonds is 12. The van der Waals surface area contributed by atoms with E-state index in [2.05, 4.69) is 11.8 Å². The maximum Gasteiger partial charge on any atom is 0.260 e. The van der Waals surface area contributed by atoms with Crippen molar-refractivity contribution >= 4 is 45.0 Å². The van der Waals surface area contributed by atoms with Crippen LogP contribution in [-0.4, -0.2) is 63.8 Å². The standard InChI is InChI=1S/C25H33N3O4S.ClH/c1-6-7-17-32-19-11-9-18(10-12-19)24(29)28(16-8-15-27(2)3)25-26-22-20(30-4)13-14-21(31-5)23(22)33-25;/h9-14H,6-8,15-17H2,1-5H3;1H. The van der Waals surface area contributed by atoms with Gasteiger partial charge in [-0.25, -0.2) is 4.98 Å². The summed E-state index contributed by atoms with van der Waals surface area (Å²) >= 11 is 1.44. The molecule has 0 radical (unpaired) electrons. The van der Waals surface area contributed by atoms with Crippen molar-refractivity contribution in [2.24, 2.45) is 0 Å². The van der Waals surface area contributed by atoms with Crippen molar-refractivity contribution < 1.29 is 19.0 Å². The smallest absolute Gasteiger partial charge is 0.260 e. The highest BCUT2D eigenvalue weighted by atomic mass is 35.5. The third-order valence-corrected chi connectivity index (χ3v) is 6.32. The van der Waals surface area contributed by atoms with Gasteiger partial charge in [0.05, 0.1) is 20.8 Å². The van der Waals surface area contributed by atoms with Gasteiger partial charge in [0.25, 0.3) is 5.91 Å². The van der Waals surface area contributed by atoms with Crippen LogP contribution in [-0.2, 0) is 0 Å². The number of unbranched alkanes of at least 4 members (excludes halogenated alkanes) is 1. The van der Waals surface area contributed by atoms with E-state index in [0.29, 0.717) is 40.9 Å². The minimum absolute atomic E-state index is 0. The van der Waals surface area contributed by atoms with Gasteiger partial charge in [0, 0.05) is 12.1 Å². The fourth-order valence-electron chi connectivity index (χ4n) is 3.40. The number of methoxy groups -OCH3 is 2. The van der Waals surface area contributed by atoms with Gasteiger partial charge in [-0.15, -0.1) is 12.4 Å². The largest absolute Gasteiger partial charge is 0.495 e. The summed E-state index contributed by atoms with van der Waals surface area (Å²) in [6.45, 7) is 4.22. The van der Waals surface area contributed by atoms with Crippen molar-refractivity contribution in [2.75, 3.05) is 52.9 Å². The molecule has 0 atom stereocenters. The predicted octanol–water partition coefficient (Wildman–Crippen LogP) is 5.51. The summed E-state index contributed by atoms with van der Waals surface area (Å²) in [5, 5.41) is 0.625. The summed E-state index contributed by atoms with van der Waals surface area (Å²) in [6, 6.07) is 11.0. The van der Waals surface area contributed by atoms with Crippen molar-refractivity contribution in [3.63, 3.8) is 0 Å². The second kappa shape index (κ2) is 13.4. The van der Waals surface area contributed by atoms with Gasteiger partial charge in [-0.3, -0.25) is 9.69 Å². The highest BCUT2D eigenvalue weighted by molar-refractivity contribution is 7.22. The Kier molecular flexibility index (Phi) is 10.9. The molecule has 9 heteroatoms. The third kappa shape index (κ3) is 6.74. The number of halogens is 1. The van der Waals surface area contributed by atoms with Gasteiger partial charge < -0.3 is 19.1 Å². The van der Waals surface area contributed by atoms with Crippen LogP contribution in [0.4, 0.5) is 5.13 Å². The summed E-state index contributed by atoms with van der Waals surface area (Å²) in [6.07, 6.45) is 2.90. The number of anilines is 1. The summed E-state index contributed by atoms with van der Waals surface area (Å²) < 4.78 is 17.6. The van der Waals surface area contributed by atoms with Crippen LogP contribution in [0, 0.1) is 0 Å². The fraction of sp³-hybridized carbons (Fsp3) is 0.440. The molecule has 7 nitrogen and oxygen atoms in total. The number of carbonyl (C=O) groups is 1. The molecule has 3 rings (SSSR count). The van der Waals surface area contributed by atoms with E-state index in [4.69, 9.17) is 19.2 Å². The molecule has 0 N–H and O–H groups in total. The summed E-state index contributed by atoms with van der Waals surface area (Å²) in [5.41, 5.74) is 1.29. The zero-order valence-electron chi connectivity index (χ0n) is 20.5. The topological polar surface area (TPSA) is 64.1 Å². The minimum atomic E-state index is -0.0918. The summed E-state index contributed by atoms with van der Waals surface area (Å²) in [4.78, 5) is 22.2. The molecule has 2 aromatic carbocycles. The number of nitrogens with zero attached hydrogens (tertiary/aromatic N) is 3. The number of benzene rings is 2. The first-order valence-electron chi connectivity index (χ1n) is 11.2. The highest BCUT2D eigenvalue weighted by Crippen LogP contribution is 2.40. The number of ether oxygens (including phenoxy) is 3. The van der Waals surface area contributed by atoms with Crippen molar-refractivity contribution in [3.8, 4) is 17.2 Å². The maximum atomic E-state index is 13.6. The molecule has 0 aliphatic heterocycles. The normalized spacial score (nSPS) is 10.8. The number of carbonyl (C=O) groups excluding carboxylic acids is 1. The minimum Gasteiger partial charge on any atom is -0.495 e. The Hall–Kier alpha value is -2.55. The molecule has 0 aliphatic carbocycles. The van der Waals surface area contributed by atoms with E-state index in [1.54, 1.807) is 19.1 Å². The van der Waals surface area contributed by atoms with Crippen LogP contribution in [0.3, 0.4) is 0 Å². The van der Waals surface area contributed by atoms with E-state index < -0.39 is 0 Å². The van der Waals surface area contributed by atoms with Gasteiger partial charge in [-0.1, -0.05) is 24.7 Å². The Morgan fingerprint density at radius 3 is 2.26 bits per heavy atom. The Labute approximate surface area is 212 Å². The zero-order chi connectivity index (χ0) is 23.8. The van der Waals surface area contributed by atoms with Gasteiger partial charge in [-0.05, 0) is 69.9 Å². The lowest BCUT2D eigenvalue weighted by Gasteiger charge is -2.21. The predicted molar refractivity (Wildman–Crippen MR) is 142 cm³/mol. The molecule has 1 aromatic heterocycles. The molecule has 3 aromatic rings. The summed E-state index contributed by atoms with van der Waals surface area (Å²) in [5.74, 6) is 2.05. The van der Waals surface area contributed by atoms with Crippen molar-refractivity contribution in [3.05, 3.63) is 42.0 Å². The highest BCUT2D eigenvalue weighted by Gasteiger charge is 2.23. The van der Waals surface area contributed by atoms with Crippen molar-refractivity contribution in [1.82, 2.24) is 9.88 Å². The quantitative estimate of drug-likeness (QED) is 0.301. The van der Waals surface area contributed by atoms with Gasteiger partial charge in [0.1, 0.15) is 27.5 Å². The van der Waals surface area contributed by atoms with Crippen LogP contribution in [0.5, 0.6) is 17.2 Å². The number of fused-ring (bicyclic) bond motifs is 1. The second-order valence-electron chi connectivity index (χ2n) is 7.98. The van der Waals surface area contributed by atoms with Crippen LogP contribution in [0.25, 0.3) is 10.2 Å². The molecule has 0 fully saturated rings. The van der Waals surface area contributed by atoms with E-state index in [-0.39, 0.29) is 18.3 Å². The van der Waals surface area contributed by atoms with Crippen LogP contribution < -0.4 is 19.1 Å². The molecular weight excluding hydrogens is 474 g/mol. The Bertz CT molecular complexity index is 1020. The molecule has 34 heavy (non-hydrogen) atoms. The molecule has 0 bridgehead atoms. The second-order valence-corrected chi connectivity index (χ2v) is 8.96. The van der Waals surface area contributed by atoms with Gasteiger partial charge in [0.2, 0.25) is 0 Å². The Morgan fingerprint density at radius 2 is 1.65 bits per heavy atom. The summed E-state index contributed by atoms with van der Waals surface area (Å²) in [7, 11) is 7.29. The lowest BCUT2D eigenvalue weighted by molar-refractivity contribution is 0.0986. The van der Waals surface area contributed by atoms with Crippen molar-refractivity contribution in [2.45, 2.75) is 26.2 Å². The fourth-order valence-corrected chi connectivity index (χ4v) is 4.50. The zero-order valence-corrected chi connectivity index (χ0v) is 22.1. The monoisotopic (exact) mass is 507 g/mol. The van der Waals surface area contributed by atoms with Crippen LogP contribution in [0.1, 0.15) is 36.5 Å². The molecule has 0 spiro atoms. The average molecular weight is 508 g/mol. The molecule has 186 valence electrons. The molecule has 1 amide bonds. The Morgan fingerprint density at radius 1 is 0.971 bits per heavy atom. The number of thiazole rings is 1. The van der Waals surface area contributed by atoms with E-state index in [1.165, 1.54) is 11.3 Å². The average Bonchev–Trinajstić information content (AvgIpc) is 3.26. The lowest BCUT2D eigenvalue weighted by Crippen LogP contribution is -2.33. The first-order valence-corrected chi connectivity index (χ1v) is 12.0. The molecule has 0 saturated carbocycles. The first-order chi connectivity index (χ1) is 16.0. The Balaban J connectivity index is 0.00000408. The van der Waals surface area contributed by atoms with E-state index in [1.807, 2.05) is 50.5 Å². The van der Waals surface area contributed by atoms with E-state index in [0.717, 1.165) is 36.3 Å². The molecule has 0 unspecified atom stereocenters. The molecule has 1 heterocycles. The number of amides is 1. The van der Waals surface area contributed by atoms with Crippen LogP contribution >= 0.6 is 23.7 Å². The molecular formula is C25H34ClN3O4S. The van der Waals surface area contributed by atoms with Crippen molar-refractivity contribution in [1.29, 1.82) is 0 Å². The number of hydrogen-bond donors (Lipinski definition) is 0. The molecule has 0 saturated heterocycles.